The Bertz CT molecular complexity index is 2440. The minimum atomic E-state index is -0.554. The highest BCUT2D eigenvalue weighted by atomic mass is 32.1. The maximum Gasteiger partial charge on any atom is 0.160 e. The van der Waals surface area contributed by atoms with Crippen molar-refractivity contribution in [3.63, 3.8) is 0 Å². The molecular weight excluding hydrogens is 593 g/mol. The number of rotatable bonds is 3. The fourth-order valence-electron chi connectivity index (χ4n) is 7.58. The van der Waals surface area contributed by atoms with Crippen LogP contribution in [0.25, 0.3) is 55.1 Å². The lowest BCUT2D eigenvalue weighted by Gasteiger charge is -2.39. The minimum absolute atomic E-state index is 0.554. The summed E-state index contributed by atoms with van der Waals surface area (Å²) in [4.78, 5) is 10.2. The molecule has 2 aliphatic rings. The number of hydrogen-bond donors (Lipinski definition) is 0. The second-order valence-corrected chi connectivity index (χ2v) is 13.1. The topological polar surface area (TPSA) is 35.0 Å². The molecule has 6 aromatic carbocycles. The van der Waals surface area contributed by atoms with Crippen LogP contribution < -0.4 is 4.74 Å². The maximum atomic E-state index is 6.71. The number of hydrogen-bond acceptors (Lipinski definition) is 4. The molecule has 220 valence electrons. The molecule has 1 spiro atoms. The number of benzene rings is 6. The van der Waals surface area contributed by atoms with E-state index in [2.05, 4.69) is 133 Å². The summed E-state index contributed by atoms with van der Waals surface area (Å²) in [6, 6.07) is 53.7. The number of nitrogens with zero attached hydrogens (tertiary/aromatic N) is 2. The predicted octanol–water partition coefficient (Wildman–Crippen LogP) is 11.2. The van der Waals surface area contributed by atoms with Crippen LogP contribution in [0, 0.1) is 0 Å². The van der Waals surface area contributed by atoms with Gasteiger partial charge < -0.3 is 4.74 Å². The molecule has 0 bridgehead atoms. The predicted molar refractivity (Wildman–Crippen MR) is 191 cm³/mol. The molecule has 4 heteroatoms. The molecule has 0 saturated carbocycles. The first-order valence-electron chi connectivity index (χ1n) is 15.8. The summed E-state index contributed by atoms with van der Waals surface area (Å²) in [6.45, 7) is 0. The zero-order valence-corrected chi connectivity index (χ0v) is 26.0. The molecule has 0 N–H and O–H groups in total. The van der Waals surface area contributed by atoms with Crippen LogP contribution in [0.1, 0.15) is 22.3 Å². The molecule has 1 atom stereocenters. The molecule has 2 aromatic heterocycles. The first-order chi connectivity index (χ1) is 23.3. The van der Waals surface area contributed by atoms with Gasteiger partial charge in [-0.2, -0.15) is 0 Å². The summed E-state index contributed by atoms with van der Waals surface area (Å²) in [5.74, 6) is 2.45. The van der Waals surface area contributed by atoms with Gasteiger partial charge in [-0.05, 0) is 81.6 Å². The van der Waals surface area contributed by atoms with Crippen LogP contribution >= 0.6 is 11.3 Å². The van der Waals surface area contributed by atoms with Gasteiger partial charge in [-0.15, -0.1) is 11.3 Å². The zero-order valence-electron chi connectivity index (χ0n) is 25.2. The quantitative estimate of drug-likeness (QED) is 0.198. The van der Waals surface area contributed by atoms with Crippen molar-refractivity contribution in [3.8, 4) is 56.5 Å². The van der Waals surface area contributed by atoms with Crippen LogP contribution in [-0.2, 0) is 5.41 Å². The molecule has 10 rings (SSSR count). The lowest BCUT2D eigenvalue weighted by molar-refractivity contribution is 0.436. The van der Waals surface area contributed by atoms with E-state index in [0.29, 0.717) is 5.82 Å². The largest absolute Gasteiger partial charge is 0.457 e. The van der Waals surface area contributed by atoms with Gasteiger partial charge in [0.05, 0.1) is 16.8 Å². The Hall–Kier alpha value is -5.84. The normalized spacial score (nSPS) is 15.5. The van der Waals surface area contributed by atoms with E-state index in [1.165, 1.54) is 32.3 Å². The van der Waals surface area contributed by atoms with Crippen LogP contribution in [0.4, 0.5) is 0 Å². The van der Waals surface area contributed by atoms with Crippen LogP contribution in [0.2, 0.25) is 0 Å². The number of fused-ring (bicyclic) bond motifs is 10. The van der Waals surface area contributed by atoms with Crippen LogP contribution in [0.5, 0.6) is 11.5 Å². The van der Waals surface area contributed by atoms with Gasteiger partial charge in [-0.25, -0.2) is 9.97 Å². The average molecular weight is 619 g/mol. The summed E-state index contributed by atoms with van der Waals surface area (Å²) in [5, 5.41) is 3.46. The van der Waals surface area contributed by atoms with Crippen LogP contribution in [0.3, 0.4) is 0 Å². The maximum absolute atomic E-state index is 6.71. The number of thiophene rings is 1. The molecule has 1 aliphatic carbocycles. The summed E-state index contributed by atoms with van der Waals surface area (Å²) in [7, 11) is 0. The van der Waals surface area contributed by atoms with Gasteiger partial charge in [0.25, 0.3) is 0 Å². The standard InChI is InChI=1S/C43H26N2OS/c1-3-11-27(12-4-1)37-26-38(45-42(44-37)28-13-5-2-6-14-28)29-19-20-40-36(24-29)43(34-17-9-10-18-39(34)46-40)33-16-8-7-15-31(33)32-23-30-21-22-47-41(30)25-35(32)43/h1-26H. The van der Waals surface area contributed by atoms with E-state index in [9.17, 15) is 0 Å². The third kappa shape index (κ3) is 3.86. The highest BCUT2D eigenvalue weighted by Gasteiger charge is 2.51. The first-order valence-corrected chi connectivity index (χ1v) is 16.7. The van der Waals surface area contributed by atoms with Gasteiger partial charge in [0.15, 0.2) is 5.82 Å². The van der Waals surface area contributed by atoms with Crippen LogP contribution in [-0.4, -0.2) is 9.97 Å². The molecule has 47 heavy (non-hydrogen) atoms. The summed E-state index contributed by atoms with van der Waals surface area (Å²) < 4.78 is 8.00. The first kappa shape index (κ1) is 26.4. The van der Waals surface area contributed by atoms with Crippen LogP contribution in [0.15, 0.2) is 157 Å². The van der Waals surface area contributed by atoms with Gasteiger partial charge >= 0.3 is 0 Å². The van der Waals surface area contributed by atoms with Crippen molar-refractivity contribution in [2.75, 3.05) is 0 Å². The van der Waals surface area contributed by atoms with E-state index in [1.807, 2.05) is 24.3 Å². The van der Waals surface area contributed by atoms with Gasteiger partial charge in [0.1, 0.15) is 11.5 Å². The summed E-state index contributed by atoms with van der Waals surface area (Å²) >= 11 is 1.79. The van der Waals surface area contributed by atoms with Crippen molar-refractivity contribution in [2.24, 2.45) is 0 Å². The SMILES string of the molecule is c1ccc(-c2cc(-c3ccc4c(c3)C3(c5ccccc5O4)c4ccccc4-c4cc5ccsc5cc43)nc(-c3ccccc3)n2)cc1. The Morgan fingerprint density at radius 1 is 0.468 bits per heavy atom. The highest BCUT2D eigenvalue weighted by molar-refractivity contribution is 7.17. The monoisotopic (exact) mass is 618 g/mol. The van der Waals surface area contributed by atoms with E-state index >= 15 is 0 Å². The van der Waals surface area contributed by atoms with Crippen molar-refractivity contribution in [3.05, 3.63) is 179 Å². The van der Waals surface area contributed by atoms with Crippen molar-refractivity contribution in [2.45, 2.75) is 5.41 Å². The van der Waals surface area contributed by atoms with E-state index < -0.39 is 5.41 Å². The Balaban J connectivity index is 1.27. The van der Waals surface area contributed by atoms with E-state index in [-0.39, 0.29) is 0 Å². The van der Waals surface area contributed by atoms with Crippen molar-refractivity contribution < 1.29 is 4.74 Å². The Kier molecular flexibility index (Phi) is 5.66. The third-order valence-electron chi connectivity index (χ3n) is 9.64. The zero-order chi connectivity index (χ0) is 31.0. The van der Waals surface area contributed by atoms with Gasteiger partial charge in [0.2, 0.25) is 0 Å². The average Bonchev–Trinajstić information content (AvgIpc) is 3.72. The molecule has 1 aliphatic heterocycles. The summed E-state index contributed by atoms with van der Waals surface area (Å²) in [5.41, 5.74) is 11.7. The van der Waals surface area contributed by atoms with Crippen molar-refractivity contribution >= 4 is 21.4 Å². The Morgan fingerprint density at radius 2 is 1.15 bits per heavy atom. The molecule has 0 saturated heterocycles. The molecule has 3 heterocycles. The van der Waals surface area contributed by atoms with Gasteiger partial charge in [-0.3, -0.25) is 0 Å². The molecule has 0 amide bonds. The van der Waals surface area contributed by atoms with E-state index in [4.69, 9.17) is 14.7 Å². The van der Waals surface area contributed by atoms with E-state index in [1.54, 1.807) is 11.3 Å². The molecule has 8 aromatic rings. The fraction of sp³-hybridized carbons (Fsp3) is 0.0233. The van der Waals surface area contributed by atoms with E-state index in [0.717, 1.165) is 50.7 Å². The Morgan fingerprint density at radius 3 is 1.98 bits per heavy atom. The lowest BCUT2D eigenvalue weighted by Crippen LogP contribution is -2.32. The smallest absolute Gasteiger partial charge is 0.160 e. The minimum Gasteiger partial charge on any atom is -0.457 e. The molecule has 0 radical (unpaired) electrons. The molecule has 0 fully saturated rings. The van der Waals surface area contributed by atoms with Gasteiger partial charge in [0, 0.05) is 32.5 Å². The second kappa shape index (κ2) is 10.1. The number of aromatic nitrogens is 2. The third-order valence-corrected chi connectivity index (χ3v) is 10.5. The molecule has 3 nitrogen and oxygen atoms in total. The molecule has 1 unspecified atom stereocenters. The van der Waals surface area contributed by atoms with Crippen molar-refractivity contribution in [1.29, 1.82) is 0 Å². The van der Waals surface area contributed by atoms with Crippen molar-refractivity contribution in [1.82, 2.24) is 9.97 Å². The van der Waals surface area contributed by atoms with Gasteiger partial charge in [-0.1, -0.05) is 103 Å². The second-order valence-electron chi connectivity index (χ2n) is 12.2. The fourth-order valence-corrected chi connectivity index (χ4v) is 8.39. The number of para-hydroxylation sites is 1. The molecular formula is C43H26N2OS. The summed E-state index contributed by atoms with van der Waals surface area (Å²) in [6.07, 6.45) is 0. The lowest BCUT2D eigenvalue weighted by atomic mass is 9.66. The Labute approximate surface area is 276 Å². The number of ether oxygens (including phenoxy) is 1. The highest BCUT2D eigenvalue weighted by Crippen LogP contribution is 2.63.